The first-order valence-corrected chi connectivity index (χ1v) is 5.33. The van der Waals surface area contributed by atoms with Gasteiger partial charge in [0.25, 0.3) is 0 Å². The fraction of sp³-hybridized carbons (Fsp3) is 0.455. The van der Waals surface area contributed by atoms with Crippen LogP contribution in [0.2, 0.25) is 0 Å². The van der Waals surface area contributed by atoms with Crippen LogP contribution in [0.15, 0.2) is 24.3 Å². The van der Waals surface area contributed by atoms with E-state index in [1.54, 1.807) is 5.01 Å². The molecule has 1 fully saturated rings. The van der Waals surface area contributed by atoms with Crippen molar-refractivity contribution in [1.82, 2.24) is 15.8 Å². The summed E-state index contributed by atoms with van der Waals surface area (Å²) in [5.74, 6) is -0.117. The van der Waals surface area contributed by atoms with E-state index in [0.717, 1.165) is 0 Å². The van der Waals surface area contributed by atoms with Gasteiger partial charge < -0.3 is 5.32 Å². The highest BCUT2D eigenvalue weighted by atomic mass is 16.2. The fourth-order valence-corrected chi connectivity index (χ4v) is 2.05. The van der Waals surface area contributed by atoms with Crippen LogP contribution >= 0.6 is 0 Å². The molecule has 0 radical (unpaired) electrons. The van der Waals surface area contributed by atoms with Gasteiger partial charge in [0.2, 0.25) is 11.8 Å². The number of allylic oxidation sites excluding steroid dienone is 2. The molecule has 1 saturated heterocycles. The minimum absolute atomic E-state index is 0.00678. The molecular formula is C11H15N3O2. The van der Waals surface area contributed by atoms with Crippen molar-refractivity contribution in [2.45, 2.75) is 25.4 Å². The minimum atomic E-state index is -0.604. The fourth-order valence-electron chi connectivity index (χ4n) is 2.05. The smallest absolute Gasteiger partial charge is 0.235 e. The van der Waals surface area contributed by atoms with Crippen molar-refractivity contribution in [3.8, 4) is 0 Å². The lowest BCUT2D eigenvalue weighted by Crippen LogP contribution is -2.62. The van der Waals surface area contributed by atoms with Crippen LogP contribution in [0.25, 0.3) is 0 Å². The van der Waals surface area contributed by atoms with Crippen LogP contribution in [0, 0.1) is 0 Å². The Labute approximate surface area is 94.2 Å². The highest BCUT2D eigenvalue weighted by Gasteiger charge is 2.38. The van der Waals surface area contributed by atoms with Crippen LogP contribution in [0.4, 0.5) is 0 Å². The lowest BCUT2D eigenvalue weighted by Gasteiger charge is -2.39. The molecular weight excluding hydrogens is 206 g/mol. The third kappa shape index (κ3) is 1.99. The second-order valence-electron chi connectivity index (χ2n) is 4.03. The molecule has 0 aromatic carbocycles. The molecule has 2 N–H and O–H groups in total. The normalized spacial score (nSPS) is 29.2. The molecule has 0 aromatic rings. The number of rotatable bonds is 2. The zero-order valence-corrected chi connectivity index (χ0v) is 9.19. The maximum atomic E-state index is 11.2. The first-order valence-electron chi connectivity index (χ1n) is 5.33. The number of amides is 2. The number of nitrogens with one attached hydrogen (secondary N) is 2. The van der Waals surface area contributed by atoms with Gasteiger partial charge in [0.1, 0.15) is 5.66 Å². The third-order valence-electron chi connectivity index (χ3n) is 2.74. The highest BCUT2D eigenvalue weighted by Crippen LogP contribution is 2.23. The highest BCUT2D eigenvalue weighted by molar-refractivity contribution is 5.78. The van der Waals surface area contributed by atoms with Crippen LogP contribution in [0.5, 0.6) is 0 Å². The van der Waals surface area contributed by atoms with Crippen LogP contribution in [-0.2, 0) is 9.59 Å². The largest absolute Gasteiger partial charge is 0.333 e. The van der Waals surface area contributed by atoms with Crippen LogP contribution in [0.3, 0.4) is 0 Å². The monoisotopic (exact) mass is 221 g/mol. The molecule has 0 saturated carbocycles. The van der Waals surface area contributed by atoms with E-state index in [9.17, 15) is 9.59 Å². The summed E-state index contributed by atoms with van der Waals surface area (Å²) in [6.07, 6.45) is 8.81. The molecule has 1 aliphatic carbocycles. The number of hydrogen-bond acceptors (Lipinski definition) is 3. The van der Waals surface area contributed by atoms with Crippen molar-refractivity contribution in [3.05, 3.63) is 24.3 Å². The lowest BCUT2D eigenvalue weighted by molar-refractivity contribution is -0.127. The molecule has 5 nitrogen and oxygen atoms in total. The van der Waals surface area contributed by atoms with Gasteiger partial charge in [0.05, 0.1) is 0 Å². The molecule has 1 heterocycles. The van der Waals surface area contributed by atoms with Crippen LogP contribution < -0.4 is 10.7 Å². The molecule has 86 valence electrons. The average molecular weight is 221 g/mol. The molecule has 1 atom stereocenters. The Balaban J connectivity index is 2.20. The number of carbonyl (C=O) groups is 2. The van der Waals surface area contributed by atoms with Crippen LogP contribution in [0.1, 0.15) is 19.8 Å². The zero-order valence-electron chi connectivity index (χ0n) is 9.19. The summed E-state index contributed by atoms with van der Waals surface area (Å²) in [6.45, 7) is 2.09. The van der Waals surface area contributed by atoms with Crippen molar-refractivity contribution < 1.29 is 9.59 Å². The quantitative estimate of drug-likeness (QED) is 0.693. The predicted molar refractivity (Wildman–Crippen MR) is 58.9 cm³/mol. The van der Waals surface area contributed by atoms with E-state index in [4.69, 9.17) is 0 Å². The van der Waals surface area contributed by atoms with Crippen molar-refractivity contribution in [3.63, 3.8) is 0 Å². The van der Waals surface area contributed by atoms with Gasteiger partial charge in [-0.15, -0.1) is 0 Å². The standard InChI is InChI=1S/C11H15N3O2/c1-9(15)12-11(6-3-2-4-7-11)14-8-5-10(16)13-14/h2-4,6H,5,7-8H2,1H3,(H,12,15)(H,13,16). The lowest BCUT2D eigenvalue weighted by atomic mass is 10.00. The molecule has 2 rings (SSSR count). The molecule has 2 amide bonds. The summed E-state index contributed by atoms with van der Waals surface area (Å²) in [4.78, 5) is 22.5. The van der Waals surface area contributed by atoms with Gasteiger partial charge in [-0.3, -0.25) is 15.0 Å². The Morgan fingerprint density at radius 1 is 1.56 bits per heavy atom. The number of nitrogens with zero attached hydrogens (tertiary/aromatic N) is 1. The number of hydrogen-bond donors (Lipinski definition) is 2. The summed E-state index contributed by atoms with van der Waals surface area (Å²) < 4.78 is 0. The number of hydrazine groups is 1. The molecule has 0 spiro atoms. The van der Waals surface area contributed by atoms with E-state index in [2.05, 4.69) is 10.7 Å². The van der Waals surface area contributed by atoms with E-state index < -0.39 is 5.66 Å². The molecule has 5 heteroatoms. The number of carbonyl (C=O) groups excluding carboxylic acids is 2. The van der Waals surface area contributed by atoms with Crippen molar-refractivity contribution >= 4 is 11.8 Å². The topological polar surface area (TPSA) is 61.4 Å². The van der Waals surface area contributed by atoms with Gasteiger partial charge in [-0.25, -0.2) is 0 Å². The van der Waals surface area contributed by atoms with Crippen molar-refractivity contribution in [2.24, 2.45) is 0 Å². The predicted octanol–water partition coefficient (Wildman–Crippen LogP) is 0.0718. The molecule has 0 aromatic heterocycles. The Kier molecular flexibility index (Phi) is 2.78. The first-order chi connectivity index (χ1) is 7.62. The Morgan fingerprint density at radius 3 is 2.88 bits per heavy atom. The summed E-state index contributed by atoms with van der Waals surface area (Å²) in [5.41, 5.74) is 2.16. The molecule has 1 aliphatic heterocycles. The van der Waals surface area contributed by atoms with E-state index in [1.165, 1.54) is 6.92 Å². The summed E-state index contributed by atoms with van der Waals surface area (Å²) in [6, 6.07) is 0. The van der Waals surface area contributed by atoms with Gasteiger partial charge in [-0.2, -0.15) is 5.01 Å². The Hall–Kier alpha value is -1.62. The van der Waals surface area contributed by atoms with Crippen molar-refractivity contribution in [1.29, 1.82) is 0 Å². The maximum Gasteiger partial charge on any atom is 0.235 e. The van der Waals surface area contributed by atoms with E-state index in [0.29, 0.717) is 19.4 Å². The van der Waals surface area contributed by atoms with E-state index in [-0.39, 0.29) is 11.8 Å². The van der Waals surface area contributed by atoms with E-state index >= 15 is 0 Å². The van der Waals surface area contributed by atoms with Gasteiger partial charge in [-0.05, 0) is 6.08 Å². The second kappa shape index (κ2) is 4.09. The zero-order chi connectivity index (χ0) is 11.6. The summed E-state index contributed by atoms with van der Waals surface area (Å²) in [5, 5.41) is 4.68. The summed E-state index contributed by atoms with van der Waals surface area (Å²) in [7, 11) is 0. The molecule has 1 unspecified atom stereocenters. The Morgan fingerprint density at radius 2 is 2.38 bits per heavy atom. The third-order valence-corrected chi connectivity index (χ3v) is 2.74. The van der Waals surface area contributed by atoms with Gasteiger partial charge in [-0.1, -0.05) is 18.2 Å². The van der Waals surface area contributed by atoms with Crippen LogP contribution in [-0.4, -0.2) is 29.0 Å². The molecule has 2 aliphatic rings. The first kappa shape index (κ1) is 10.9. The second-order valence-corrected chi connectivity index (χ2v) is 4.03. The maximum absolute atomic E-state index is 11.2. The average Bonchev–Trinajstić information content (AvgIpc) is 2.66. The summed E-state index contributed by atoms with van der Waals surface area (Å²) >= 11 is 0. The molecule has 16 heavy (non-hydrogen) atoms. The van der Waals surface area contributed by atoms with Gasteiger partial charge in [0, 0.05) is 26.3 Å². The minimum Gasteiger partial charge on any atom is -0.333 e. The van der Waals surface area contributed by atoms with Gasteiger partial charge >= 0.3 is 0 Å². The Bertz CT molecular complexity index is 375. The molecule has 0 bridgehead atoms. The SMILES string of the molecule is CC(=O)NC1(N2CCC(=O)N2)C=CC=CC1. The van der Waals surface area contributed by atoms with Gasteiger partial charge in [0.15, 0.2) is 0 Å². The van der Waals surface area contributed by atoms with E-state index in [1.807, 2.05) is 24.3 Å². The van der Waals surface area contributed by atoms with Crippen molar-refractivity contribution in [2.75, 3.05) is 6.54 Å².